The van der Waals surface area contributed by atoms with Gasteiger partial charge < -0.3 is 5.11 Å². The molecule has 0 spiro atoms. The molecule has 1 N–H and O–H groups in total. The van der Waals surface area contributed by atoms with Gasteiger partial charge in [-0.05, 0) is 18.4 Å². The second-order valence-corrected chi connectivity index (χ2v) is 4.52. The quantitative estimate of drug-likeness (QED) is 0.827. The predicted molar refractivity (Wildman–Crippen MR) is 69.0 cm³/mol. The lowest BCUT2D eigenvalue weighted by Gasteiger charge is -2.15. The first-order valence-corrected chi connectivity index (χ1v) is 6.26. The van der Waals surface area contributed by atoms with Crippen molar-refractivity contribution in [1.82, 2.24) is 0 Å². The van der Waals surface area contributed by atoms with Crippen molar-refractivity contribution in [3.63, 3.8) is 0 Å². The summed E-state index contributed by atoms with van der Waals surface area (Å²) < 4.78 is 0. The Morgan fingerprint density at radius 1 is 1.17 bits per heavy atom. The highest BCUT2D eigenvalue weighted by molar-refractivity contribution is 6.24. The average molecular weight is 244 g/mol. The number of carbonyl (C=O) groups excluding carboxylic acids is 2. The van der Waals surface area contributed by atoms with Crippen LogP contribution in [0.2, 0.25) is 0 Å². The monoisotopic (exact) mass is 244 g/mol. The minimum absolute atomic E-state index is 0.269. The molecule has 0 bridgehead atoms. The Labute approximate surface area is 106 Å². The van der Waals surface area contributed by atoms with Gasteiger partial charge in [0, 0.05) is 17.2 Å². The number of rotatable bonds is 4. The molecule has 0 amide bonds. The van der Waals surface area contributed by atoms with E-state index in [0.717, 1.165) is 37.3 Å². The summed E-state index contributed by atoms with van der Waals surface area (Å²) in [6, 6.07) is 5.25. The van der Waals surface area contributed by atoms with Crippen molar-refractivity contribution in [3.05, 3.63) is 46.7 Å². The SMILES string of the molecule is CCCCCc1cccc2c1C(=O)C=C(O)C2=O. The van der Waals surface area contributed by atoms with Crippen molar-refractivity contribution in [3.8, 4) is 0 Å². The summed E-state index contributed by atoms with van der Waals surface area (Å²) in [5, 5.41) is 9.39. The highest BCUT2D eigenvalue weighted by atomic mass is 16.3. The van der Waals surface area contributed by atoms with Crippen LogP contribution in [0, 0.1) is 0 Å². The maximum absolute atomic E-state index is 11.9. The van der Waals surface area contributed by atoms with Crippen molar-refractivity contribution >= 4 is 11.6 Å². The van der Waals surface area contributed by atoms with Gasteiger partial charge in [0.15, 0.2) is 11.5 Å². The molecule has 0 aliphatic heterocycles. The largest absolute Gasteiger partial charge is 0.504 e. The van der Waals surface area contributed by atoms with Crippen LogP contribution in [0.25, 0.3) is 0 Å². The van der Waals surface area contributed by atoms with Crippen LogP contribution in [0.1, 0.15) is 52.5 Å². The number of aryl methyl sites for hydroxylation is 1. The smallest absolute Gasteiger partial charge is 0.228 e. The Hall–Kier alpha value is -1.90. The molecule has 3 heteroatoms. The summed E-state index contributed by atoms with van der Waals surface area (Å²) in [6.45, 7) is 2.12. The number of benzene rings is 1. The standard InChI is InChI=1S/C15H16O3/c1-2-3-4-6-10-7-5-8-11-14(10)12(16)9-13(17)15(11)18/h5,7-9,17H,2-4,6H2,1H3. The fourth-order valence-electron chi connectivity index (χ4n) is 2.25. The molecule has 0 fully saturated rings. The molecular formula is C15H16O3. The number of fused-ring (bicyclic) bond motifs is 1. The number of aliphatic hydroxyl groups excluding tert-OH is 1. The van der Waals surface area contributed by atoms with Gasteiger partial charge in [0.1, 0.15) is 0 Å². The number of unbranched alkanes of at least 4 members (excludes halogenated alkanes) is 2. The lowest BCUT2D eigenvalue weighted by Crippen LogP contribution is -2.18. The third-order valence-electron chi connectivity index (χ3n) is 3.19. The van der Waals surface area contributed by atoms with Crippen molar-refractivity contribution in [2.45, 2.75) is 32.6 Å². The molecule has 3 nitrogen and oxygen atoms in total. The van der Waals surface area contributed by atoms with Gasteiger partial charge in [0.25, 0.3) is 0 Å². The second-order valence-electron chi connectivity index (χ2n) is 4.52. The highest BCUT2D eigenvalue weighted by Crippen LogP contribution is 2.24. The van der Waals surface area contributed by atoms with Crippen molar-refractivity contribution in [2.24, 2.45) is 0 Å². The van der Waals surface area contributed by atoms with E-state index in [1.807, 2.05) is 6.07 Å². The summed E-state index contributed by atoms with van der Waals surface area (Å²) in [6.07, 6.45) is 5.04. The van der Waals surface area contributed by atoms with Crippen LogP contribution in [-0.2, 0) is 6.42 Å². The molecule has 18 heavy (non-hydrogen) atoms. The minimum atomic E-state index is -0.460. The number of hydrogen-bond donors (Lipinski definition) is 1. The Morgan fingerprint density at radius 3 is 2.67 bits per heavy atom. The molecule has 2 rings (SSSR count). The Kier molecular flexibility index (Phi) is 3.60. The molecule has 0 radical (unpaired) electrons. The Morgan fingerprint density at radius 2 is 1.94 bits per heavy atom. The molecule has 0 heterocycles. The van der Waals surface area contributed by atoms with Gasteiger partial charge in [0.05, 0.1) is 0 Å². The van der Waals surface area contributed by atoms with Crippen LogP contribution in [-0.4, -0.2) is 16.7 Å². The van der Waals surface area contributed by atoms with E-state index in [9.17, 15) is 14.7 Å². The number of carbonyl (C=O) groups is 2. The van der Waals surface area contributed by atoms with Gasteiger partial charge in [0.2, 0.25) is 5.78 Å². The normalized spacial score (nSPS) is 14.4. The van der Waals surface area contributed by atoms with E-state index in [-0.39, 0.29) is 5.78 Å². The predicted octanol–water partition coefficient (Wildman–Crippen LogP) is 3.24. The molecule has 1 aromatic carbocycles. The van der Waals surface area contributed by atoms with Crippen molar-refractivity contribution in [2.75, 3.05) is 0 Å². The lowest BCUT2D eigenvalue weighted by atomic mass is 9.88. The fraction of sp³-hybridized carbons (Fsp3) is 0.333. The number of ketones is 2. The van der Waals surface area contributed by atoms with E-state index in [0.29, 0.717) is 11.1 Å². The minimum Gasteiger partial charge on any atom is -0.504 e. The van der Waals surface area contributed by atoms with E-state index in [4.69, 9.17) is 0 Å². The number of hydrogen-bond acceptors (Lipinski definition) is 3. The van der Waals surface area contributed by atoms with Gasteiger partial charge in [-0.1, -0.05) is 38.0 Å². The summed E-state index contributed by atoms with van der Waals surface area (Å²) >= 11 is 0. The van der Waals surface area contributed by atoms with Crippen LogP contribution in [0.4, 0.5) is 0 Å². The summed E-state index contributed by atoms with van der Waals surface area (Å²) in [5.74, 6) is -1.19. The molecule has 1 aromatic rings. The first-order valence-electron chi connectivity index (χ1n) is 6.26. The van der Waals surface area contributed by atoms with Gasteiger partial charge in [-0.3, -0.25) is 9.59 Å². The van der Waals surface area contributed by atoms with E-state index in [1.54, 1.807) is 12.1 Å². The van der Waals surface area contributed by atoms with Crippen LogP contribution >= 0.6 is 0 Å². The van der Waals surface area contributed by atoms with Crippen LogP contribution in [0.15, 0.2) is 30.0 Å². The second kappa shape index (κ2) is 5.17. The van der Waals surface area contributed by atoms with Crippen molar-refractivity contribution < 1.29 is 14.7 Å². The third kappa shape index (κ3) is 2.21. The number of aliphatic hydroxyl groups is 1. The maximum atomic E-state index is 11.9. The summed E-state index contributed by atoms with van der Waals surface area (Å²) in [4.78, 5) is 23.7. The molecule has 0 aromatic heterocycles. The first-order chi connectivity index (χ1) is 8.65. The van der Waals surface area contributed by atoms with E-state index < -0.39 is 11.5 Å². The zero-order valence-corrected chi connectivity index (χ0v) is 10.4. The average Bonchev–Trinajstić information content (AvgIpc) is 2.36. The summed E-state index contributed by atoms with van der Waals surface area (Å²) in [5.41, 5.74) is 1.70. The fourth-order valence-corrected chi connectivity index (χ4v) is 2.25. The molecule has 0 unspecified atom stereocenters. The molecule has 0 saturated carbocycles. The van der Waals surface area contributed by atoms with Crippen LogP contribution in [0.5, 0.6) is 0 Å². The first kappa shape index (κ1) is 12.6. The molecular weight excluding hydrogens is 228 g/mol. The Bertz CT molecular complexity index is 527. The van der Waals surface area contributed by atoms with E-state index >= 15 is 0 Å². The number of Topliss-reactive ketones (excluding diaryl/α,β-unsaturated/α-hetero) is 1. The molecule has 94 valence electrons. The number of allylic oxidation sites excluding steroid dienone is 2. The van der Waals surface area contributed by atoms with E-state index in [2.05, 4.69) is 6.92 Å². The Balaban J connectivity index is 2.37. The molecule has 0 atom stereocenters. The molecule has 1 aliphatic rings. The zero-order chi connectivity index (χ0) is 13.1. The summed E-state index contributed by atoms with van der Waals surface area (Å²) in [7, 11) is 0. The van der Waals surface area contributed by atoms with Crippen LogP contribution in [0.3, 0.4) is 0 Å². The van der Waals surface area contributed by atoms with Gasteiger partial charge in [-0.2, -0.15) is 0 Å². The van der Waals surface area contributed by atoms with Gasteiger partial charge >= 0.3 is 0 Å². The zero-order valence-electron chi connectivity index (χ0n) is 10.4. The molecule has 1 aliphatic carbocycles. The topological polar surface area (TPSA) is 54.4 Å². The van der Waals surface area contributed by atoms with Crippen LogP contribution < -0.4 is 0 Å². The van der Waals surface area contributed by atoms with Gasteiger partial charge in [-0.15, -0.1) is 0 Å². The van der Waals surface area contributed by atoms with E-state index in [1.165, 1.54) is 0 Å². The van der Waals surface area contributed by atoms with Crippen molar-refractivity contribution in [1.29, 1.82) is 0 Å². The maximum Gasteiger partial charge on any atom is 0.228 e. The lowest BCUT2D eigenvalue weighted by molar-refractivity contribution is 0.0939. The highest BCUT2D eigenvalue weighted by Gasteiger charge is 2.26. The van der Waals surface area contributed by atoms with Gasteiger partial charge in [-0.25, -0.2) is 0 Å². The molecule has 0 saturated heterocycles. The third-order valence-corrected chi connectivity index (χ3v) is 3.19.